The number of carbonyl (C=O) groups excluding carboxylic acids is 1. The molecule has 1 aromatic heterocycles. The first-order valence-electron chi connectivity index (χ1n) is 10.7. The van der Waals surface area contributed by atoms with Gasteiger partial charge in [-0.1, -0.05) is 23.7 Å². The molecule has 0 radical (unpaired) electrons. The first kappa shape index (κ1) is 28.4. The van der Waals surface area contributed by atoms with Crippen LogP contribution in [0.1, 0.15) is 0 Å². The molecule has 0 saturated carbocycles. The van der Waals surface area contributed by atoms with Crippen molar-refractivity contribution < 1.29 is 19.7 Å². The van der Waals surface area contributed by atoms with Gasteiger partial charge in [0.25, 0.3) is 0 Å². The highest BCUT2D eigenvalue weighted by molar-refractivity contribution is 6.30. The Balaban J connectivity index is 0.00000204. The van der Waals surface area contributed by atoms with Crippen LogP contribution in [0.15, 0.2) is 48.7 Å². The second kappa shape index (κ2) is 13.3. The number of ether oxygens (including phenoxy) is 1. The number of piperazine rings is 1. The lowest BCUT2D eigenvalue weighted by Gasteiger charge is -2.40. The number of rotatable bonds is 6. The summed E-state index contributed by atoms with van der Waals surface area (Å²) in [6.07, 6.45) is -0.201. The van der Waals surface area contributed by atoms with Crippen molar-refractivity contribution in [1.29, 1.82) is 0 Å². The van der Waals surface area contributed by atoms with Crippen LogP contribution in [0.4, 0.5) is 16.3 Å². The molecule has 12 heteroatoms. The van der Waals surface area contributed by atoms with Gasteiger partial charge < -0.3 is 30.5 Å². The molecule has 0 aliphatic carbocycles. The maximum atomic E-state index is 12.3. The third kappa shape index (κ3) is 6.85. The van der Waals surface area contributed by atoms with Gasteiger partial charge in [0.1, 0.15) is 18.0 Å². The number of aliphatic hydroxyl groups is 2. The highest BCUT2D eigenvalue weighted by atomic mass is 35.5. The molecule has 4 atom stereocenters. The van der Waals surface area contributed by atoms with Gasteiger partial charge in [-0.25, -0.2) is 9.78 Å². The molecular formula is C22H30Cl3N5O4. The van der Waals surface area contributed by atoms with E-state index in [0.29, 0.717) is 23.8 Å². The maximum absolute atomic E-state index is 12.3. The van der Waals surface area contributed by atoms with Gasteiger partial charge in [-0.2, -0.15) is 0 Å². The fraction of sp³-hybridized carbons (Fsp3) is 0.455. The van der Waals surface area contributed by atoms with Crippen LogP contribution in [0.5, 0.6) is 0 Å². The Morgan fingerprint density at radius 3 is 2.53 bits per heavy atom. The summed E-state index contributed by atoms with van der Waals surface area (Å²) in [6.45, 7) is 2.87. The number of aromatic nitrogens is 1. The summed E-state index contributed by atoms with van der Waals surface area (Å²) in [5.41, 5.74) is 0.581. The molecule has 188 valence electrons. The standard InChI is InChI=1S/C22H28ClN5O4.2ClH/c23-15-4-3-5-16(12-15)26-22(31)25-13-17-20(21(30)18(14-29)32-17)28-10-8-27(9-11-28)19-6-1-2-7-24-19;;/h1-7,12,17-18,20-21,29-30H,8-11,13-14H2,(H2,25,26,31);2*1H/t17-,18+,20+,21-;;/m1../s1. The first-order chi connectivity index (χ1) is 15.5. The van der Waals surface area contributed by atoms with E-state index in [2.05, 4.69) is 25.4 Å². The Kier molecular flexibility index (Phi) is 11.1. The predicted octanol–water partition coefficient (Wildman–Crippen LogP) is 2.01. The van der Waals surface area contributed by atoms with Crippen molar-refractivity contribution in [1.82, 2.24) is 15.2 Å². The number of aliphatic hydroxyl groups excluding tert-OH is 2. The molecule has 0 bridgehead atoms. The molecule has 34 heavy (non-hydrogen) atoms. The maximum Gasteiger partial charge on any atom is 0.319 e. The summed E-state index contributed by atoms with van der Waals surface area (Å²) < 4.78 is 5.89. The Labute approximate surface area is 216 Å². The van der Waals surface area contributed by atoms with Crippen LogP contribution in [-0.4, -0.2) is 89.8 Å². The van der Waals surface area contributed by atoms with Crippen LogP contribution in [0, 0.1) is 0 Å². The molecule has 9 nitrogen and oxygen atoms in total. The number of hydrogen-bond acceptors (Lipinski definition) is 7. The molecule has 2 saturated heterocycles. The van der Waals surface area contributed by atoms with Gasteiger partial charge in [-0.15, -0.1) is 24.8 Å². The average molecular weight is 535 g/mol. The van der Waals surface area contributed by atoms with Gasteiger partial charge in [0.05, 0.1) is 18.8 Å². The van der Waals surface area contributed by atoms with Gasteiger partial charge in [0.2, 0.25) is 0 Å². The molecule has 2 amide bonds. The van der Waals surface area contributed by atoms with Crippen LogP contribution < -0.4 is 15.5 Å². The third-order valence-electron chi connectivity index (χ3n) is 5.90. The van der Waals surface area contributed by atoms with E-state index in [1.165, 1.54) is 0 Å². The van der Waals surface area contributed by atoms with Gasteiger partial charge >= 0.3 is 6.03 Å². The average Bonchev–Trinajstić information content (AvgIpc) is 3.13. The third-order valence-corrected chi connectivity index (χ3v) is 6.13. The second-order valence-corrected chi connectivity index (χ2v) is 8.37. The van der Waals surface area contributed by atoms with E-state index >= 15 is 0 Å². The summed E-state index contributed by atoms with van der Waals surface area (Å²) in [5.74, 6) is 0.930. The minimum atomic E-state index is -0.843. The number of amides is 2. The van der Waals surface area contributed by atoms with E-state index in [1.807, 2.05) is 18.2 Å². The molecule has 0 unspecified atom stereocenters. The molecule has 2 aliphatic heterocycles. The molecule has 0 spiro atoms. The van der Waals surface area contributed by atoms with E-state index in [4.69, 9.17) is 16.3 Å². The van der Waals surface area contributed by atoms with Crippen LogP contribution in [0.25, 0.3) is 0 Å². The van der Waals surface area contributed by atoms with E-state index in [0.717, 1.165) is 18.9 Å². The van der Waals surface area contributed by atoms with Crippen LogP contribution in [-0.2, 0) is 4.74 Å². The molecule has 2 fully saturated rings. The van der Waals surface area contributed by atoms with Crippen molar-refractivity contribution in [2.24, 2.45) is 0 Å². The molecule has 2 aromatic rings. The fourth-order valence-electron chi connectivity index (χ4n) is 4.32. The number of pyridine rings is 1. The second-order valence-electron chi connectivity index (χ2n) is 7.93. The monoisotopic (exact) mass is 533 g/mol. The lowest BCUT2D eigenvalue weighted by atomic mass is 10.0. The first-order valence-corrected chi connectivity index (χ1v) is 11.1. The van der Waals surface area contributed by atoms with Crippen LogP contribution >= 0.6 is 36.4 Å². The zero-order chi connectivity index (χ0) is 22.5. The SMILES string of the molecule is Cl.Cl.O=C(NC[C@H]1O[C@@H](CO)[C@@H](O)[C@H]1N1CCN(c2ccccn2)CC1)Nc1cccc(Cl)c1. The molecule has 1 aromatic carbocycles. The Morgan fingerprint density at radius 2 is 1.88 bits per heavy atom. The minimum Gasteiger partial charge on any atom is -0.394 e. The highest BCUT2D eigenvalue weighted by Gasteiger charge is 2.46. The molecule has 4 N–H and O–H groups in total. The normalized spacial score (nSPS) is 24.6. The van der Waals surface area contributed by atoms with Crippen molar-refractivity contribution in [2.75, 3.05) is 49.5 Å². The van der Waals surface area contributed by atoms with Crippen molar-refractivity contribution in [3.8, 4) is 0 Å². The number of nitrogens with zero attached hydrogens (tertiary/aromatic N) is 3. The van der Waals surface area contributed by atoms with Crippen LogP contribution in [0.2, 0.25) is 5.02 Å². The van der Waals surface area contributed by atoms with Gasteiger partial charge in [0.15, 0.2) is 0 Å². The number of halogens is 3. The van der Waals surface area contributed by atoms with Crippen molar-refractivity contribution >= 4 is 54.0 Å². The Hall–Kier alpha value is -1.85. The largest absolute Gasteiger partial charge is 0.394 e. The number of carbonyl (C=O) groups is 1. The molecule has 4 rings (SSSR count). The number of benzene rings is 1. The van der Waals surface area contributed by atoms with E-state index in [1.54, 1.807) is 30.5 Å². The van der Waals surface area contributed by atoms with E-state index < -0.39 is 24.3 Å². The lowest BCUT2D eigenvalue weighted by Crippen LogP contribution is -2.57. The van der Waals surface area contributed by atoms with Crippen molar-refractivity contribution in [3.05, 3.63) is 53.7 Å². The number of urea groups is 1. The number of anilines is 2. The highest BCUT2D eigenvalue weighted by Crippen LogP contribution is 2.27. The Bertz CT molecular complexity index is 905. The zero-order valence-corrected chi connectivity index (χ0v) is 20.8. The van der Waals surface area contributed by atoms with Gasteiger partial charge in [0, 0.05) is 49.6 Å². The summed E-state index contributed by atoms with van der Waals surface area (Å²) in [4.78, 5) is 21.1. The Morgan fingerprint density at radius 1 is 1.12 bits per heavy atom. The smallest absolute Gasteiger partial charge is 0.319 e. The lowest BCUT2D eigenvalue weighted by molar-refractivity contribution is -0.0205. The number of nitrogens with one attached hydrogen (secondary N) is 2. The number of hydrogen-bond donors (Lipinski definition) is 4. The minimum absolute atomic E-state index is 0. The van der Waals surface area contributed by atoms with Crippen molar-refractivity contribution in [2.45, 2.75) is 24.4 Å². The van der Waals surface area contributed by atoms with Gasteiger partial charge in [-0.3, -0.25) is 4.90 Å². The van der Waals surface area contributed by atoms with Crippen LogP contribution in [0.3, 0.4) is 0 Å². The van der Waals surface area contributed by atoms with E-state index in [-0.39, 0.29) is 44.0 Å². The summed E-state index contributed by atoms with van der Waals surface area (Å²) in [5, 5.41) is 26.5. The zero-order valence-electron chi connectivity index (χ0n) is 18.4. The molecule has 2 aliphatic rings. The predicted molar refractivity (Wildman–Crippen MR) is 137 cm³/mol. The van der Waals surface area contributed by atoms with Crippen molar-refractivity contribution in [3.63, 3.8) is 0 Å². The van der Waals surface area contributed by atoms with E-state index in [9.17, 15) is 15.0 Å². The molecule has 3 heterocycles. The molecular weight excluding hydrogens is 505 g/mol. The quantitative estimate of drug-likeness (QED) is 0.449. The topological polar surface area (TPSA) is 110 Å². The fourth-order valence-corrected chi connectivity index (χ4v) is 4.51. The summed E-state index contributed by atoms with van der Waals surface area (Å²) in [7, 11) is 0. The summed E-state index contributed by atoms with van der Waals surface area (Å²) in [6, 6.07) is 12.0. The summed E-state index contributed by atoms with van der Waals surface area (Å²) >= 11 is 5.96. The van der Waals surface area contributed by atoms with Gasteiger partial charge in [-0.05, 0) is 30.3 Å².